The molecular formula is C14H14N4OS. The minimum atomic E-state index is -0.103. The van der Waals surface area contributed by atoms with Gasteiger partial charge in [-0.3, -0.25) is 4.79 Å². The van der Waals surface area contributed by atoms with Crippen molar-refractivity contribution in [2.75, 3.05) is 13.6 Å². The van der Waals surface area contributed by atoms with Gasteiger partial charge in [-0.15, -0.1) is 11.3 Å². The number of hydrogen-bond acceptors (Lipinski definition) is 5. The molecule has 0 saturated carbocycles. The van der Waals surface area contributed by atoms with E-state index in [1.807, 2.05) is 11.4 Å². The third-order valence-corrected chi connectivity index (χ3v) is 3.46. The third-order valence-electron chi connectivity index (χ3n) is 2.54. The molecule has 1 amide bonds. The van der Waals surface area contributed by atoms with Crippen LogP contribution in [0, 0.1) is 11.8 Å². The number of rotatable bonds is 3. The maximum Gasteiger partial charge on any atom is 0.257 e. The fourth-order valence-electron chi connectivity index (χ4n) is 1.62. The summed E-state index contributed by atoms with van der Waals surface area (Å²) in [6, 6.07) is 1.97. The number of amides is 1. The average Bonchev–Trinajstić information content (AvgIpc) is 2.92. The molecular weight excluding hydrogens is 272 g/mol. The molecule has 2 heterocycles. The highest BCUT2D eigenvalue weighted by atomic mass is 32.1. The van der Waals surface area contributed by atoms with Gasteiger partial charge in [0.25, 0.3) is 5.91 Å². The van der Waals surface area contributed by atoms with Crippen molar-refractivity contribution in [3.63, 3.8) is 0 Å². The van der Waals surface area contributed by atoms with Crippen LogP contribution in [0.5, 0.6) is 0 Å². The Kier molecular flexibility index (Phi) is 4.82. The minimum absolute atomic E-state index is 0.103. The zero-order valence-corrected chi connectivity index (χ0v) is 11.9. The predicted molar refractivity (Wildman–Crippen MR) is 78.1 cm³/mol. The first-order valence-corrected chi connectivity index (χ1v) is 6.85. The summed E-state index contributed by atoms with van der Waals surface area (Å²) in [5.74, 6) is 5.67. The van der Waals surface area contributed by atoms with Gasteiger partial charge in [0, 0.05) is 35.3 Å². The molecule has 102 valence electrons. The third kappa shape index (κ3) is 3.63. The maximum absolute atomic E-state index is 12.1. The molecule has 2 N–H and O–H groups in total. The van der Waals surface area contributed by atoms with Gasteiger partial charge in [-0.25, -0.2) is 9.97 Å². The Bertz CT molecular complexity index is 642. The Morgan fingerprint density at radius 1 is 1.45 bits per heavy atom. The zero-order valence-electron chi connectivity index (χ0n) is 11.0. The number of aromatic nitrogens is 2. The van der Waals surface area contributed by atoms with Crippen LogP contribution in [-0.2, 0) is 6.54 Å². The Balaban J connectivity index is 2.02. The molecule has 2 aromatic heterocycles. The van der Waals surface area contributed by atoms with E-state index in [1.165, 1.54) is 18.7 Å². The molecule has 0 aliphatic carbocycles. The van der Waals surface area contributed by atoms with E-state index in [2.05, 4.69) is 21.8 Å². The van der Waals surface area contributed by atoms with Crippen molar-refractivity contribution >= 4 is 17.2 Å². The lowest BCUT2D eigenvalue weighted by Gasteiger charge is -2.15. The molecule has 6 heteroatoms. The van der Waals surface area contributed by atoms with Crippen LogP contribution < -0.4 is 5.73 Å². The Morgan fingerprint density at radius 2 is 2.20 bits per heavy atom. The van der Waals surface area contributed by atoms with Crippen molar-refractivity contribution < 1.29 is 4.79 Å². The van der Waals surface area contributed by atoms with E-state index in [1.54, 1.807) is 23.3 Å². The van der Waals surface area contributed by atoms with Crippen molar-refractivity contribution in [2.45, 2.75) is 6.54 Å². The Hall–Kier alpha value is -2.23. The Morgan fingerprint density at radius 3 is 2.90 bits per heavy atom. The highest BCUT2D eigenvalue weighted by Crippen LogP contribution is 2.16. The molecule has 0 fully saturated rings. The van der Waals surface area contributed by atoms with Crippen molar-refractivity contribution in [1.29, 1.82) is 0 Å². The van der Waals surface area contributed by atoms with E-state index in [0.717, 1.165) is 10.4 Å². The number of nitrogens with zero attached hydrogens (tertiary/aromatic N) is 3. The van der Waals surface area contributed by atoms with Gasteiger partial charge in [-0.1, -0.05) is 11.8 Å². The quantitative estimate of drug-likeness (QED) is 0.858. The molecule has 0 radical (unpaired) electrons. The summed E-state index contributed by atoms with van der Waals surface area (Å²) in [6.45, 7) is 0.875. The van der Waals surface area contributed by atoms with Crippen molar-refractivity contribution in [1.82, 2.24) is 14.9 Å². The van der Waals surface area contributed by atoms with Crippen LogP contribution in [0.2, 0.25) is 0 Å². The summed E-state index contributed by atoms with van der Waals surface area (Å²) in [7, 11) is 1.75. The second kappa shape index (κ2) is 6.80. The van der Waals surface area contributed by atoms with Gasteiger partial charge in [0.1, 0.15) is 6.33 Å². The molecule has 5 nitrogen and oxygen atoms in total. The second-order valence-electron chi connectivity index (χ2n) is 4.10. The van der Waals surface area contributed by atoms with Gasteiger partial charge in [0.2, 0.25) is 0 Å². The number of carbonyl (C=O) groups is 1. The number of hydrogen-bond donors (Lipinski definition) is 1. The summed E-state index contributed by atoms with van der Waals surface area (Å²) >= 11 is 1.57. The lowest BCUT2D eigenvalue weighted by atomic mass is 10.2. The summed E-state index contributed by atoms with van der Waals surface area (Å²) < 4.78 is 0. The van der Waals surface area contributed by atoms with Crippen LogP contribution >= 0.6 is 11.3 Å². The standard InChI is InChI=1S/C14H14N4OS/c1-18(14(19)12-6-16-10-17-7-12)8-13-5-11(9-20-13)3-2-4-15/h5-7,9-10H,4,8,15H2,1H3. The van der Waals surface area contributed by atoms with E-state index in [9.17, 15) is 4.79 Å². The SMILES string of the molecule is CN(Cc1cc(C#CCN)cs1)C(=O)c1cncnc1. The van der Waals surface area contributed by atoms with Gasteiger partial charge in [0.15, 0.2) is 0 Å². The molecule has 0 unspecified atom stereocenters. The normalized spacial score (nSPS) is 9.70. The van der Waals surface area contributed by atoms with Crippen LogP contribution in [0.3, 0.4) is 0 Å². The summed E-state index contributed by atoms with van der Waals surface area (Å²) in [5, 5.41) is 1.96. The number of carbonyl (C=O) groups excluding carboxylic acids is 1. The summed E-state index contributed by atoms with van der Waals surface area (Å²) in [6.07, 6.45) is 4.43. The Labute approximate surface area is 121 Å². The van der Waals surface area contributed by atoms with Crippen molar-refractivity contribution in [2.24, 2.45) is 5.73 Å². The molecule has 0 saturated heterocycles. The molecule has 0 spiro atoms. The van der Waals surface area contributed by atoms with E-state index in [0.29, 0.717) is 18.7 Å². The molecule has 0 aromatic carbocycles. The number of thiophene rings is 1. The van der Waals surface area contributed by atoms with Crippen LogP contribution in [0.1, 0.15) is 20.8 Å². The van der Waals surface area contributed by atoms with Gasteiger partial charge in [-0.2, -0.15) is 0 Å². The first-order chi connectivity index (χ1) is 9.70. The van der Waals surface area contributed by atoms with E-state index < -0.39 is 0 Å². The summed E-state index contributed by atoms with van der Waals surface area (Å²) in [4.78, 5) is 22.5. The summed E-state index contributed by atoms with van der Waals surface area (Å²) in [5.41, 5.74) is 6.74. The number of nitrogens with two attached hydrogens (primary N) is 1. The average molecular weight is 286 g/mol. The lowest BCUT2D eigenvalue weighted by molar-refractivity contribution is 0.0785. The second-order valence-corrected chi connectivity index (χ2v) is 5.09. The van der Waals surface area contributed by atoms with Gasteiger partial charge in [0.05, 0.1) is 18.7 Å². The molecule has 0 atom stereocenters. The smallest absolute Gasteiger partial charge is 0.257 e. The molecule has 2 aromatic rings. The van der Waals surface area contributed by atoms with E-state index >= 15 is 0 Å². The van der Waals surface area contributed by atoms with E-state index in [4.69, 9.17) is 5.73 Å². The monoisotopic (exact) mass is 286 g/mol. The highest BCUT2D eigenvalue weighted by Gasteiger charge is 2.13. The largest absolute Gasteiger partial charge is 0.336 e. The minimum Gasteiger partial charge on any atom is -0.336 e. The topological polar surface area (TPSA) is 72.1 Å². The van der Waals surface area contributed by atoms with Gasteiger partial charge in [-0.05, 0) is 6.07 Å². The van der Waals surface area contributed by atoms with Crippen LogP contribution in [0.15, 0.2) is 30.2 Å². The predicted octanol–water partition coefficient (Wildman–Crippen LogP) is 1.12. The van der Waals surface area contributed by atoms with Crippen LogP contribution in [0.25, 0.3) is 0 Å². The van der Waals surface area contributed by atoms with Crippen LogP contribution in [-0.4, -0.2) is 34.4 Å². The molecule has 0 aliphatic heterocycles. The van der Waals surface area contributed by atoms with Gasteiger partial charge >= 0.3 is 0 Å². The van der Waals surface area contributed by atoms with Crippen molar-refractivity contribution in [3.8, 4) is 11.8 Å². The van der Waals surface area contributed by atoms with Crippen LogP contribution in [0.4, 0.5) is 0 Å². The zero-order chi connectivity index (χ0) is 14.4. The highest BCUT2D eigenvalue weighted by molar-refractivity contribution is 7.10. The molecule has 2 rings (SSSR count). The first kappa shape index (κ1) is 14.2. The van der Waals surface area contributed by atoms with Gasteiger partial charge < -0.3 is 10.6 Å². The molecule has 20 heavy (non-hydrogen) atoms. The fourth-order valence-corrected chi connectivity index (χ4v) is 2.49. The molecule has 0 bridgehead atoms. The van der Waals surface area contributed by atoms with Crippen molar-refractivity contribution in [3.05, 3.63) is 46.2 Å². The fraction of sp³-hybridized carbons (Fsp3) is 0.214. The first-order valence-electron chi connectivity index (χ1n) is 5.97. The van der Waals surface area contributed by atoms with E-state index in [-0.39, 0.29) is 5.91 Å². The lowest BCUT2D eigenvalue weighted by Crippen LogP contribution is -2.26. The maximum atomic E-state index is 12.1. The molecule has 0 aliphatic rings.